The standard InChI is InChI=1S/C30H37N3O2/c1-35-27-17-15-26(16-18-27)31-30(34)33-20-6-5-19-32-21-28(29(32)22-33)25-13-11-24(12-14-25)10-9-23-7-3-2-4-8-23/h11-18,23,28-29H,2-8,19-22H2,1H3,(H,31,34). The summed E-state index contributed by atoms with van der Waals surface area (Å²) < 4.78 is 5.22. The molecule has 2 atom stereocenters. The lowest BCUT2D eigenvalue weighted by Crippen LogP contribution is -2.61. The van der Waals surface area contributed by atoms with Gasteiger partial charge in [0.05, 0.1) is 7.11 Å². The molecule has 2 amide bonds. The van der Waals surface area contributed by atoms with Gasteiger partial charge in [0.15, 0.2) is 0 Å². The van der Waals surface area contributed by atoms with E-state index < -0.39 is 0 Å². The van der Waals surface area contributed by atoms with E-state index in [2.05, 4.69) is 46.3 Å². The number of fused-ring (bicyclic) bond motifs is 1. The van der Waals surface area contributed by atoms with Gasteiger partial charge < -0.3 is 15.0 Å². The van der Waals surface area contributed by atoms with Crippen LogP contribution >= 0.6 is 0 Å². The van der Waals surface area contributed by atoms with Gasteiger partial charge in [-0.2, -0.15) is 0 Å². The maximum Gasteiger partial charge on any atom is 0.321 e. The first kappa shape index (κ1) is 23.8. The lowest BCUT2D eigenvalue weighted by Gasteiger charge is -2.51. The summed E-state index contributed by atoms with van der Waals surface area (Å²) in [6.07, 6.45) is 8.71. The van der Waals surface area contributed by atoms with Gasteiger partial charge in [-0.3, -0.25) is 4.90 Å². The van der Waals surface area contributed by atoms with Crippen LogP contribution in [-0.4, -0.2) is 55.2 Å². The van der Waals surface area contributed by atoms with Crippen LogP contribution in [0.3, 0.4) is 0 Å². The summed E-state index contributed by atoms with van der Waals surface area (Å²) in [6, 6.07) is 16.8. The Labute approximate surface area is 209 Å². The second kappa shape index (κ2) is 11.2. The van der Waals surface area contributed by atoms with Crippen LogP contribution in [-0.2, 0) is 0 Å². The Morgan fingerprint density at radius 1 is 0.914 bits per heavy atom. The first-order chi connectivity index (χ1) is 17.2. The van der Waals surface area contributed by atoms with Crippen LogP contribution < -0.4 is 10.1 Å². The van der Waals surface area contributed by atoms with Crippen LogP contribution in [0.1, 0.15) is 62.0 Å². The predicted octanol–water partition coefficient (Wildman–Crippen LogP) is 5.72. The number of rotatable bonds is 3. The number of ether oxygens (including phenoxy) is 1. The van der Waals surface area contributed by atoms with Gasteiger partial charge in [-0.05, 0) is 74.2 Å². The maximum absolute atomic E-state index is 13.1. The number of urea groups is 1. The SMILES string of the molecule is COc1ccc(NC(=O)N2CCCCN3CC(c4ccc(C#CC5CCCCC5)cc4)C3C2)cc1. The highest BCUT2D eigenvalue weighted by Gasteiger charge is 2.41. The molecular formula is C30H37N3O2. The number of nitrogens with zero attached hydrogens (tertiary/aromatic N) is 2. The molecule has 2 saturated heterocycles. The van der Waals surface area contributed by atoms with E-state index in [0.717, 1.165) is 56.0 Å². The molecule has 2 unspecified atom stereocenters. The third kappa shape index (κ3) is 5.82. The Morgan fingerprint density at radius 3 is 2.40 bits per heavy atom. The molecule has 2 aliphatic heterocycles. The van der Waals surface area contributed by atoms with Gasteiger partial charge in [-0.15, -0.1) is 0 Å². The summed E-state index contributed by atoms with van der Waals surface area (Å²) in [4.78, 5) is 17.7. The summed E-state index contributed by atoms with van der Waals surface area (Å²) in [5.41, 5.74) is 3.28. The van der Waals surface area contributed by atoms with Crippen LogP contribution in [0.15, 0.2) is 48.5 Å². The van der Waals surface area contributed by atoms with Crippen LogP contribution in [0.25, 0.3) is 0 Å². The Morgan fingerprint density at radius 2 is 1.66 bits per heavy atom. The molecule has 0 aromatic heterocycles. The number of anilines is 1. The van der Waals surface area contributed by atoms with Crippen molar-refractivity contribution in [2.24, 2.45) is 5.92 Å². The number of amides is 2. The zero-order valence-electron chi connectivity index (χ0n) is 20.8. The fourth-order valence-electron chi connectivity index (χ4n) is 5.70. The molecule has 5 heteroatoms. The van der Waals surface area contributed by atoms with E-state index in [1.54, 1.807) is 7.11 Å². The van der Waals surface area contributed by atoms with E-state index in [4.69, 9.17) is 4.74 Å². The van der Waals surface area contributed by atoms with Crippen molar-refractivity contribution in [2.75, 3.05) is 38.6 Å². The Hall–Kier alpha value is -2.97. The van der Waals surface area contributed by atoms with E-state index in [0.29, 0.717) is 17.9 Å². The van der Waals surface area contributed by atoms with Crippen LogP contribution in [0.2, 0.25) is 0 Å². The van der Waals surface area contributed by atoms with Gasteiger partial charge in [0.25, 0.3) is 0 Å². The molecule has 3 fully saturated rings. The molecule has 0 bridgehead atoms. The Balaban J connectivity index is 1.22. The molecule has 0 radical (unpaired) electrons. The topological polar surface area (TPSA) is 44.8 Å². The minimum atomic E-state index is -0.0176. The quantitative estimate of drug-likeness (QED) is 0.582. The lowest BCUT2D eigenvalue weighted by atomic mass is 9.81. The fraction of sp³-hybridized carbons (Fsp3) is 0.500. The third-order valence-electron chi connectivity index (χ3n) is 7.89. The molecule has 2 aromatic carbocycles. The predicted molar refractivity (Wildman–Crippen MR) is 141 cm³/mol. The van der Waals surface area contributed by atoms with Crippen molar-refractivity contribution in [3.8, 4) is 17.6 Å². The van der Waals surface area contributed by atoms with E-state index in [1.165, 1.54) is 37.7 Å². The summed E-state index contributed by atoms with van der Waals surface area (Å²) in [5.74, 6) is 8.74. The van der Waals surface area contributed by atoms with Gasteiger partial charge in [0.1, 0.15) is 5.75 Å². The smallest absolute Gasteiger partial charge is 0.321 e. The maximum atomic E-state index is 13.1. The highest BCUT2D eigenvalue weighted by molar-refractivity contribution is 5.89. The molecular weight excluding hydrogens is 434 g/mol. The van der Waals surface area contributed by atoms with Crippen molar-refractivity contribution in [1.29, 1.82) is 0 Å². The monoisotopic (exact) mass is 471 g/mol. The average Bonchev–Trinajstić information content (AvgIpc) is 2.88. The van der Waals surface area contributed by atoms with Crippen molar-refractivity contribution >= 4 is 11.7 Å². The minimum Gasteiger partial charge on any atom is -0.497 e. The summed E-state index contributed by atoms with van der Waals surface area (Å²) in [7, 11) is 1.65. The van der Waals surface area contributed by atoms with Gasteiger partial charge in [-0.25, -0.2) is 4.79 Å². The molecule has 1 saturated carbocycles. The molecule has 5 nitrogen and oxygen atoms in total. The first-order valence-corrected chi connectivity index (χ1v) is 13.2. The molecule has 1 aliphatic carbocycles. The minimum absolute atomic E-state index is 0.0176. The van der Waals surface area contributed by atoms with Gasteiger partial charge in [-0.1, -0.05) is 43.2 Å². The zero-order valence-corrected chi connectivity index (χ0v) is 20.8. The number of hydrogen-bond acceptors (Lipinski definition) is 3. The fourth-order valence-corrected chi connectivity index (χ4v) is 5.70. The number of carbonyl (C=O) groups excluding carboxylic acids is 1. The van der Waals surface area contributed by atoms with Crippen molar-refractivity contribution in [1.82, 2.24) is 9.80 Å². The lowest BCUT2D eigenvalue weighted by molar-refractivity contribution is 0.0272. The van der Waals surface area contributed by atoms with E-state index in [1.807, 2.05) is 29.2 Å². The molecule has 3 aliphatic rings. The van der Waals surface area contributed by atoms with Crippen molar-refractivity contribution in [3.63, 3.8) is 0 Å². The van der Waals surface area contributed by atoms with Crippen molar-refractivity contribution in [3.05, 3.63) is 59.7 Å². The molecule has 184 valence electrons. The van der Waals surface area contributed by atoms with Crippen LogP contribution in [0.4, 0.5) is 10.5 Å². The Kier molecular flexibility index (Phi) is 7.59. The van der Waals surface area contributed by atoms with Gasteiger partial charge in [0, 0.05) is 48.8 Å². The van der Waals surface area contributed by atoms with E-state index >= 15 is 0 Å². The number of methoxy groups -OCH3 is 1. The second-order valence-electron chi connectivity index (χ2n) is 10.2. The molecule has 5 rings (SSSR count). The highest BCUT2D eigenvalue weighted by Crippen LogP contribution is 2.36. The molecule has 2 heterocycles. The average molecular weight is 472 g/mol. The molecule has 35 heavy (non-hydrogen) atoms. The Bertz CT molecular complexity index is 1050. The van der Waals surface area contributed by atoms with Crippen molar-refractivity contribution in [2.45, 2.75) is 56.9 Å². The largest absolute Gasteiger partial charge is 0.497 e. The van der Waals surface area contributed by atoms with Gasteiger partial charge in [0.2, 0.25) is 0 Å². The van der Waals surface area contributed by atoms with E-state index in [9.17, 15) is 4.79 Å². The van der Waals surface area contributed by atoms with Crippen LogP contribution in [0.5, 0.6) is 5.75 Å². The van der Waals surface area contributed by atoms with E-state index in [-0.39, 0.29) is 6.03 Å². The van der Waals surface area contributed by atoms with Crippen LogP contribution in [0, 0.1) is 17.8 Å². The second-order valence-corrected chi connectivity index (χ2v) is 10.2. The zero-order chi connectivity index (χ0) is 24.0. The summed E-state index contributed by atoms with van der Waals surface area (Å²) in [6.45, 7) is 3.76. The van der Waals surface area contributed by atoms with Crippen molar-refractivity contribution < 1.29 is 9.53 Å². The first-order valence-electron chi connectivity index (χ1n) is 13.2. The number of hydrogen-bond donors (Lipinski definition) is 1. The summed E-state index contributed by atoms with van der Waals surface area (Å²) >= 11 is 0. The number of nitrogens with one attached hydrogen (secondary N) is 1. The van der Waals surface area contributed by atoms with Gasteiger partial charge >= 0.3 is 6.03 Å². The normalized spacial score (nSPS) is 23.1. The summed E-state index contributed by atoms with van der Waals surface area (Å²) in [5, 5.41) is 3.07. The molecule has 1 N–H and O–H groups in total. The number of benzene rings is 2. The third-order valence-corrected chi connectivity index (χ3v) is 7.89. The number of carbonyl (C=O) groups is 1. The highest BCUT2D eigenvalue weighted by atomic mass is 16.5. The molecule has 0 spiro atoms. The molecule has 2 aromatic rings.